The minimum atomic E-state index is -0.104. The van der Waals surface area contributed by atoms with Gasteiger partial charge in [-0.25, -0.2) is 9.97 Å². The molecule has 9 aromatic carbocycles. The summed E-state index contributed by atoms with van der Waals surface area (Å²) < 4.78 is 0. The molecule has 1 aliphatic rings. The number of hydrogen-bond acceptors (Lipinski definition) is 2. The molecule has 0 radical (unpaired) electrons. The molecule has 10 aromatic rings. The quantitative estimate of drug-likeness (QED) is 0.176. The van der Waals surface area contributed by atoms with E-state index in [9.17, 15) is 0 Å². The van der Waals surface area contributed by atoms with Crippen LogP contribution < -0.4 is 0 Å². The van der Waals surface area contributed by atoms with Crippen molar-refractivity contribution in [3.05, 3.63) is 205 Å². The molecule has 0 spiro atoms. The molecule has 1 aromatic heterocycles. The summed E-state index contributed by atoms with van der Waals surface area (Å²) in [5.41, 5.74) is 15.3. The molecule has 11 rings (SSSR count). The lowest BCUT2D eigenvalue weighted by atomic mass is 9.81. The molecule has 1 heterocycles. The van der Waals surface area contributed by atoms with Crippen molar-refractivity contribution < 1.29 is 0 Å². The summed E-state index contributed by atoms with van der Waals surface area (Å²) in [6.07, 6.45) is 0. The van der Waals surface area contributed by atoms with Gasteiger partial charge >= 0.3 is 0 Å². The highest BCUT2D eigenvalue weighted by Gasteiger charge is 2.38. The van der Waals surface area contributed by atoms with E-state index in [4.69, 9.17) is 9.97 Å². The Morgan fingerprint density at radius 3 is 1.37 bits per heavy atom. The van der Waals surface area contributed by atoms with Gasteiger partial charge in [-0.3, -0.25) is 0 Å². The first-order chi connectivity index (χ1) is 28.0. The van der Waals surface area contributed by atoms with E-state index in [1.54, 1.807) is 0 Å². The molecule has 0 N–H and O–H groups in total. The number of benzene rings is 9. The summed E-state index contributed by atoms with van der Waals surface area (Å²) in [4.78, 5) is 10.4. The van der Waals surface area contributed by atoms with Gasteiger partial charge in [0, 0.05) is 22.1 Å². The minimum Gasteiger partial charge on any atom is -0.228 e. The van der Waals surface area contributed by atoms with Crippen LogP contribution in [0.5, 0.6) is 0 Å². The van der Waals surface area contributed by atoms with E-state index in [0.29, 0.717) is 5.82 Å². The van der Waals surface area contributed by atoms with Crippen LogP contribution in [0, 0.1) is 0 Å². The maximum Gasteiger partial charge on any atom is 0.161 e. The molecule has 2 heteroatoms. The van der Waals surface area contributed by atoms with Crippen molar-refractivity contribution in [1.82, 2.24) is 9.97 Å². The van der Waals surface area contributed by atoms with E-state index < -0.39 is 0 Å². The molecule has 1 aliphatic carbocycles. The zero-order valence-electron chi connectivity index (χ0n) is 31.9. The SMILES string of the molecule is CC1(C)c2cccc(-c3ccc(-c4ccc(-c5nc(-c6ccccc6)cc(-c6ccccc6)n5)c5ccccc45)c4ccccc34)c2-c2c1ccc1ccccc21. The summed E-state index contributed by atoms with van der Waals surface area (Å²) >= 11 is 0. The predicted octanol–water partition coefficient (Wildman–Crippen LogP) is 14.6. The molecular weight excluding hydrogens is 689 g/mol. The van der Waals surface area contributed by atoms with Gasteiger partial charge in [0.15, 0.2) is 5.82 Å². The molecule has 0 fully saturated rings. The van der Waals surface area contributed by atoms with E-state index in [2.05, 4.69) is 196 Å². The van der Waals surface area contributed by atoms with Gasteiger partial charge in [0.25, 0.3) is 0 Å². The Kier molecular flexibility index (Phi) is 7.55. The van der Waals surface area contributed by atoms with E-state index >= 15 is 0 Å². The Morgan fingerprint density at radius 2 is 0.789 bits per heavy atom. The van der Waals surface area contributed by atoms with E-state index in [0.717, 1.165) is 33.5 Å². The molecular formula is C55H38N2. The third-order valence-corrected chi connectivity index (χ3v) is 12.1. The topological polar surface area (TPSA) is 25.8 Å². The summed E-state index contributed by atoms with van der Waals surface area (Å²) in [5, 5.41) is 7.36. The number of hydrogen-bond donors (Lipinski definition) is 0. The molecule has 268 valence electrons. The third-order valence-electron chi connectivity index (χ3n) is 12.1. The van der Waals surface area contributed by atoms with E-state index in [1.807, 2.05) is 12.1 Å². The van der Waals surface area contributed by atoms with Crippen LogP contribution in [-0.4, -0.2) is 9.97 Å². The smallest absolute Gasteiger partial charge is 0.161 e. The maximum atomic E-state index is 5.21. The number of aromatic nitrogens is 2. The molecule has 57 heavy (non-hydrogen) atoms. The van der Waals surface area contributed by atoms with Gasteiger partial charge in [-0.2, -0.15) is 0 Å². The van der Waals surface area contributed by atoms with Gasteiger partial charge in [-0.05, 0) is 89.0 Å². The third kappa shape index (κ3) is 5.25. The second-order valence-corrected chi connectivity index (χ2v) is 15.7. The fourth-order valence-electron chi connectivity index (χ4n) is 9.35. The van der Waals surface area contributed by atoms with Gasteiger partial charge in [-0.15, -0.1) is 0 Å². The number of rotatable bonds is 5. The van der Waals surface area contributed by atoms with Crippen LogP contribution in [0.25, 0.3) is 99.6 Å². The van der Waals surface area contributed by atoms with Crippen molar-refractivity contribution >= 4 is 32.3 Å². The predicted molar refractivity (Wildman–Crippen MR) is 239 cm³/mol. The van der Waals surface area contributed by atoms with E-state index in [1.165, 1.54) is 71.4 Å². The molecule has 0 saturated heterocycles. The van der Waals surface area contributed by atoms with Crippen LogP contribution in [0.1, 0.15) is 25.0 Å². The second kappa shape index (κ2) is 13.0. The Balaban J connectivity index is 1.10. The molecule has 0 atom stereocenters. The second-order valence-electron chi connectivity index (χ2n) is 15.7. The summed E-state index contributed by atoms with van der Waals surface area (Å²) in [7, 11) is 0. The molecule has 0 aliphatic heterocycles. The fraction of sp³-hybridized carbons (Fsp3) is 0.0545. The first-order valence-electron chi connectivity index (χ1n) is 19.8. The zero-order valence-corrected chi connectivity index (χ0v) is 31.9. The zero-order chi connectivity index (χ0) is 38.1. The lowest BCUT2D eigenvalue weighted by Crippen LogP contribution is -2.14. The van der Waals surface area contributed by atoms with Crippen molar-refractivity contribution in [2.24, 2.45) is 0 Å². The average Bonchev–Trinajstić information content (AvgIpc) is 3.52. The summed E-state index contributed by atoms with van der Waals surface area (Å²) in [6.45, 7) is 4.75. The fourth-order valence-corrected chi connectivity index (χ4v) is 9.35. The van der Waals surface area contributed by atoms with Crippen LogP contribution >= 0.6 is 0 Å². The lowest BCUT2D eigenvalue weighted by Gasteiger charge is -2.22. The lowest BCUT2D eigenvalue weighted by molar-refractivity contribution is 0.661. The summed E-state index contributed by atoms with van der Waals surface area (Å²) in [6, 6.07) is 70.1. The Hall–Kier alpha value is -7.16. The van der Waals surface area contributed by atoms with Crippen LogP contribution in [0.4, 0.5) is 0 Å². The van der Waals surface area contributed by atoms with Crippen molar-refractivity contribution in [3.8, 4) is 67.3 Å². The molecule has 0 bridgehead atoms. The van der Waals surface area contributed by atoms with Gasteiger partial charge in [0.1, 0.15) is 0 Å². The highest BCUT2D eigenvalue weighted by Crippen LogP contribution is 2.55. The first-order valence-corrected chi connectivity index (χ1v) is 19.8. The van der Waals surface area contributed by atoms with Gasteiger partial charge in [0.05, 0.1) is 11.4 Å². The normalized spacial score (nSPS) is 12.9. The van der Waals surface area contributed by atoms with Gasteiger partial charge in [-0.1, -0.05) is 196 Å². The number of fused-ring (bicyclic) bond motifs is 7. The maximum absolute atomic E-state index is 5.21. The molecule has 0 amide bonds. The van der Waals surface area contributed by atoms with Crippen LogP contribution in [0.2, 0.25) is 0 Å². The van der Waals surface area contributed by atoms with E-state index in [-0.39, 0.29) is 5.41 Å². The monoisotopic (exact) mass is 726 g/mol. The van der Waals surface area contributed by atoms with Crippen LogP contribution in [0.15, 0.2) is 194 Å². The van der Waals surface area contributed by atoms with Crippen molar-refractivity contribution in [3.63, 3.8) is 0 Å². The highest BCUT2D eigenvalue weighted by molar-refractivity contribution is 6.14. The van der Waals surface area contributed by atoms with Gasteiger partial charge in [0.2, 0.25) is 0 Å². The molecule has 2 nitrogen and oxygen atoms in total. The van der Waals surface area contributed by atoms with Crippen molar-refractivity contribution in [1.29, 1.82) is 0 Å². The summed E-state index contributed by atoms with van der Waals surface area (Å²) in [5.74, 6) is 0.715. The van der Waals surface area contributed by atoms with Crippen LogP contribution in [0.3, 0.4) is 0 Å². The first kappa shape index (κ1) is 33.2. The van der Waals surface area contributed by atoms with Crippen molar-refractivity contribution in [2.45, 2.75) is 19.3 Å². The van der Waals surface area contributed by atoms with Crippen molar-refractivity contribution in [2.75, 3.05) is 0 Å². The number of nitrogens with zero attached hydrogens (tertiary/aromatic N) is 2. The Bertz CT molecular complexity index is 3140. The van der Waals surface area contributed by atoms with Gasteiger partial charge < -0.3 is 0 Å². The molecule has 0 unspecified atom stereocenters. The highest BCUT2D eigenvalue weighted by atomic mass is 14.9. The Morgan fingerprint density at radius 1 is 0.333 bits per heavy atom. The standard InChI is InChI=1S/C55H38N2/c1-55(2)48-27-15-26-46(53(48)52-38-21-10-9-16-35(38)28-33-49(52)55)45-30-29-43(39-22-11-12-23-40(39)45)44-31-32-47(42-25-14-13-24-41(42)44)54-56-50(36-17-5-3-6-18-36)34-51(57-54)37-19-7-4-8-20-37/h3-34H,1-2H3. The minimum absolute atomic E-state index is 0.104. The van der Waals surface area contributed by atoms with Crippen LogP contribution in [-0.2, 0) is 5.41 Å². The largest absolute Gasteiger partial charge is 0.228 e. The Labute approximate surface area is 332 Å². The average molecular weight is 727 g/mol. The molecule has 0 saturated carbocycles.